The number of hydrogen-bond donors (Lipinski definition) is 1. The van der Waals surface area contributed by atoms with Gasteiger partial charge in [-0.2, -0.15) is 5.26 Å². The first kappa shape index (κ1) is 36.1. The highest BCUT2D eigenvalue weighted by molar-refractivity contribution is 14.1. The van der Waals surface area contributed by atoms with E-state index in [1.54, 1.807) is 58.2 Å². The van der Waals surface area contributed by atoms with Gasteiger partial charge in [-0.3, -0.25) is 4.79 Å². The topological polar surface area (TPSA) is 117 Å². The highest BCUT2D eigenvalue weighted by Crippen LogP contribution is 2.36. The van der Waals surface area contributed by atoms with Crippen molar-refractivity contribution in [3.8, 4) is 6.07 Å². The van der Waals surface area contributed by atoms with Crippen molar-refractivity contribution < 1.29 is 23.9 Å². The molecule has 2 heterocycles. The van der Waals surface area contributed by atoms with Gasteiger partial charge in [-0.15, -0.1) is 0 Å². The molecule has 10 nitrogen and oxygen atoms in total. The van der Waals surface area contributed by atoms with Crippen LogP contribution in [-0.2, 0) is 16.0 Å². The summed E-state index contributed by atoms with van der Waals surface area (Å²) in [7, 11) is 1.63. The maximum atomic E-state index is 14.4. The number of aromatic nitrogens is 1. The Hall–Kier alpha value is -3.76. The maximum Gasteiger partial charge on any atom is 0.407 e. The largest absolute Gasteiger partial charge is 0.456 e. The molecular weight excluding hydrogens is 733 g/mol. The molecule has 0 saturated carbocycles. The molecule has 0 radical (unpaired) electrons. The van der Waals surface area contributed by atoms with Crippen LogP contribution in [0.25, 0.3) is 0 Å². The fraction of sp³-hybridized carbons (Fsp3) is 0.429. The number of nitriles is 1. The minimum absolute atomic E-state index is 0.222. The summed E-state index contributed by atoms with van der Waals surface area (Å²) in [5.74, 6) is -0.289. The van der Waals surface area contributed by atoms with Crippen molar-refractivity contribution in [3.63, 3.8) is 0 Å². The fourth-order valence-corrected chi connectivity index (χ4v) is 6.46. The van der Waals surface area contributed by atoms with Crippen molar-refractivity contribution in [2.75, 3.05) is 29.9 Å². The zero-order valence-electron chi connectivity index (χ0n) is 27.8. The molecule has 0 aliphatic carbocycles. The molecular formula is C35H41ClIN5O5. The van der Waals surface area contributed by atoms with Gasteiger partial charge in [-0.1, -0.05) is 35.9 Å². The average molecular weight is 774 g/mol. The molecule has 1 saturated heterocycles. The van der Waals surface area contributed by atoms with Crippen molar-refractivity contribution in [1.29, 1.82) is 5.26 Å². The molecule has 1 N–H and O–H groups in total. The van der Waals surface area contributed by atoms with Crippen LogP contribution in [0.15, 0.2) is 48.5 Å². The third-order valence-corrected chi connectivity index (χ3v) is 8.81. The van der Waals surface area contributed by atoms with Crippen molar-refractivity contribution in [2.45, 2.75) is 78.2 Å². The zero-order chi connectivity index (χ0) is 34.7. The van der Waals surface area contributed by atoms with Crippen LogP contribution in [0.3, 0.4) is 0 Å². The Morgan fingerprint density at radius 3 is 2.38 bits per heavy atom. The molecule has 1 aromatic heterocycles. The van der Waals surface area contributed by atoms with E-state index in [1.165, 1.54) is 4.90 Å². The Morgan fingerprint density at radius 2 is 1.74 bits per heavy atom. The first-order chi connectivity index (χ1) is 22.0. The van der Waals surface area contributed by atoms with Crippen molar-refractivity contribution >= 4 is 63.7 Å². The predicted molar refractivity (Wildman–Crippen MR) is 191 cm³/mol. The molecule has 1 aliphatic rings. The molecule has 2 aromatic carbocycles. The summed E-state index contributed by atoms with van der Waals surface area (Å²) in [5, 5.41) is 14.0. The lowest BCUT2D eigenvalue weighted by molar-refractivity contribution is 0.00690. The van der Waals surface area contributed by atoms with E-state index in [1.807, 2.05) is 48.4 Å². The molecule has 1 atom stereocenters. The Kier molecular flexibility index (Phi) is 11.2. The van der Waals surface area contributed by atoms with E-state index < -0.39 is 23.3 Å². The number of nitrogens with one attached hydrogen (secondary N) is 1. The number of carbonyl (C=O) groups is 3. The van der Waals surface area contributed by atoms with Crippen LogP contribution in [0.5, 0.6) is 0 Å². The number of hydrogen-bond acceptors (Lipinski definition) is 7. The van der Waals surface area contributed by atoms with Gasteiger partial charge >= 0.3 is 12.1 Å². The summed E-state index contributed by atoms with van der Waals surface area (Å²) in [5.41, 5.74) is 0.923. The van der Waals surface area contributed by atoms with Crippen LogP contribution in [0, 0.1) is 14.9 Å². The number of halogens is 2. The monoisotopic (exact) mass is 773 g/mol. The Bertz CT molecular complexity index is 1700. The Balaban J connectivity index is 1.77. The minimum Gasteiger partial charge on any atom is -0.456 e. The molecule has 3 aromatic rings. The quantitative estimate of drug-likeness (QED) is 0.197. The van der Waals surface area contributed by atoms with Gasteiger partial charge in [0.05, 0.1) is 15.7 Å². The number of rotatable bonds is 7. The van der Waals surface area contributed by atoms with Gasteiger partial charge in [0, 0.05) is 36.9 Å². The molecule has 0 bridgehead atoms. The minimum atomic E-state index is -0.676. The van der Waals surface area contributed by atoms with Gasteiger partial charge in [-0.05, 0) is 107 Å². The van der Waals surface area contributed by atoms with Gasteiger partial charge in [0.1, 0.15) is 34.3 Å². The number of anilines is 2. The lowest BCUT2D eigenvalue weighted by Gasteiger charge is -2.36. The SMILES string of the molecule is CN(C(=O)c1c(I)c(C#N)c(N2CCC[C@@H](NC(=O)OC(C)(C)C)C2)n1Cc1ccccc1Cl)c1cccc(C(=O)OC(C)(C)C)c1. The van der Waals surface area contributed by atoms with Gasteiger partial charge in [0.15, 0.2) is 0 Å². The summed E-state index contributed by atoms with van der Waals surface area (Å²) < 4.78 is 13.4. The molecule has 4 rings (SSSR count). The maximum absolute atomic E-state index is 14.4. The van der Waals surface area contributed by atoms with Crippen LogP contribution in [-0.4, -0.2) is 59.9 Å². The number of benzene rings is 2. The van der Waals surface area contributed by atoms with Gasteiger partial charge in [0.25, 0.3) is 5.91 Å². The molecule has 250 valence electrons. The molecule has 47 heavy (non-hydrogen) atoms. The summed E-state index contributed by atoms with van der Waals surface area (Å²) in [6, 6.07) is 16.2. The second-order valence-corrected chi connectivity index (χ2v) is 15.0. The number of esters is 1. The van der Waals surface area contributed by atoms with Crippen LogP contribution in [0.1, 0.15) is 86.4 Å². The summed E-state index contributed by atoms with van der Waals surface area (Å²) in [6.45, 7) is 12.1. The van der Waals surface area contributed by atoms with Crippen molar-refractivity contribution in [3.05, 3.63) is 79.5 Å². The number of alkyl carbamates (subject to hydrolysis) is 1. The number of amides is 2. The highest BCUT2D eigenvalue weighted by Gasteiger charge is 2.34. The highest BCUT2D eigenvalue weighted by atomic mass is 127. The van der Waals surface area contributed by atoms with Crippen molar-refractivity contribution in [1.82, 2.24) is 9.88 Å². The van der Waals surface area contributed by atoms with E-state index in [0.29, 0.717) is 50.0 Å². The average Bonchev–Trinajstić information content (AvgIpc) is 3.26. The van der Waals surface area contributed by atoms with Crippen molar-refractivity contribution in [2.24, 2.45) is 0 Å². The first-order valence-electron chi connectivity index (χ1n) is 15.4. The predicted octanol–water partition coefficient (Wildman–Crippen LogP) is 7.39. The Labute approximate surface area is 295 Å². The molecule has 2 amide bonds. The number of nitrogens with zero attached hydrogens (tertiary/aromatic N) is 4. The fourth-order valence-electron chi connectivity index (χ4n) is 5.38. The third kappa shape index (κ3) is 8.99. The lowest BCUT2D eigenvalue weighted by atomic mass is 10.1. The zero-order valence-corrected chi connectivity index (χ0v) is 30.7. The number of ether oxygens (including phenoxy) is 2. The summed E-state index contributed by atoms with van der Waals surface area (Å²) in [6.07, 6.45) is 0.986. The smallest absolute Gasteiger partial charge is 0.407 e. The molecule has 0 spiro atoms. The second kappa shape index (κ2) is 14.6. The Morgan fingerprint density at radius 1 is 1.06 bits per heavy atom. The van der Waals surface area contributed by atoms with Gasteiger partial charge in [0.2, 0.25) is 0 Å². The molecule has 0 unspecified atom stereocenters. The second-order valence-electron chi connectivity index (χ2n) is 13.5. The summed E-state index contributed by atoms with van der Waals surface area (Å²) in [4.78, 5) is 43.4. The van der Waals surface area contributed by atoms with Crippen LogP contribution in [0.4, 0.5) is 16.3 Å². The van der Waals surface area contributed by atoms with Crippen LogP contribution in [0.2, 0.25) is 5.02 Å². The van der Waals surface area contributed by atoms with Gasteiger partial charge in [-0.25, -0.2) is 9.59 Å². The number of carbonyl (C=O) groups excluding carboxylic acids is 3. The van der Waals surface area contributed by atoms with E-state index in [9.17, 15) is 19.6 Å². The number of piperidine rings is 1. The standard InChI is InChI=1S/C35H41ClIN5O5/c1-34(2,3)46-32(44)22-13-10-15-25(18-22)40(7)31(43)29-28(37)26(19-38)30(42(29)20-23-12-8-9-16-27(23)36)41-17-11-14-24(21-41)39-33(45)47-35(4,5)6/h8-10,12-13,15-16,18,24H,11,14,17,20-21H2,1-7H3,(H,39,45)/t24-/m1/s1. The van der Waals surface area contributed by atoms with E-state index in [4.69, 9.17) is 21.1 Å². The normalized spacial score (nSPS) is 15.1. The molecule has 12 heteroatoms. The van der Waals surface area contributed by atoms with E-state index >= 15 is 0 Å². The molecule has 1 aliphatic heterocycles. The van der Waals surface area contributed by atoms with E-state index in [0.717, 1.165) is 18.4 Å². The van der Waals surface area contributed by atoms with E-state index in [2.05, 4.69) is 34.0 Å². The van der Waals surface area contributed by atoms with Crippen LogP contribution >= 0.6 is 34.2 Å². The third-order valence-electron chi connectivity index (χ3n) is 7.39. The first-order valence-corrected chi connectivity index (χ1v) is 16.9. The van der Waals surface area contributed by atoms with Gasteiger partial charge < -0.3 is 29.2 Å². The van der Waals surface area contributed by atoms with Crippen LogP contribution < -0.4 is 15.1 Å². The molecule has 1 fully saturated rings. The summed E-state index contributed by atoms with van der Waals surface area (Å²) >= 11 is 8.68. The lowest BCUT2D eigenvalue weighted by Crippen LogP contribution is -2.49. The van der Waals surface area contributed by atoms with E-state index in [-0.39, 0.29) is 18.5 Å².